The van der Waals surface area contributed by atoms with Gasteiger partial charge in [-0.05, 0) is 37.5 Å². The molecule has 2 rings (SSSR count). The van der Waals surface area contributed by atoms with Crippen LogP contribution in [0.2, 0.25) is 5.02 Å². The van der Waals surface area contributed by atoms with Gasteiger partial charge in [0, 0.05) is 12.6 Å². The molecule has 1 aromatic rings. The highest BCUT2D eigenvalue weighted by molar-refractivity contribution is 7.89. The number of hydrogen-bond donors (Lipinski definition) is 1. The lowest BCUT2D eigenvalue weighted by molar-refractivity contribution is 0.261. The molecule has 0 amide bonds. The van der Waals surface area contributed by atoms with Crippen molar-refractivity contribution in [2.75, 3.05) is 12.3 Å². The number of halogens is 1. The highest BCUT2D eigenvalue weighted by Crippen LogP contribution is 2.32. The monoisotopic (exact) mass is 330 g/mol. The van der Waals surface area contributed by atoms with E-state index >= 15 is 0 Å². The molecule has 1 aliphatic carbocycles. The molecule has 118 valence electrons. The second kappa shape index (κ2) is 6.55. The molecule has 0 spiro atoms. The molecule has 0 aromatic heterocycles. The number of nitrogens with zero attached hydrogens (tertiary/aromatic N) is 1. The van der Waals surface area contributed by atoms with Crippen molar-refractivity contribution >= 4 is 27.3 Å². The Labute approximate surface area is 132 Å². The van der Waals surface area contributed by atoms with Gasteiger partial charge in [-0.2, -0.15) is 4.31 Å². The van der Waals surface area contributed by atoms with Crippen molar-refractivity contribution in [1.82, 2.24) is 4.31 Å². The van der Waals surface area contributed by atoms with E-state index in [0.717, 1.165) is 25.7 Å². The van der Waals surface area contributed by atoms with E-state index in [1.54, 1.807) is 17.3 Å². The maximum Gasteiger partial charge on any atom is 0.243 e. The second-order valence-corrected chi connectivity index (χ2v) is 7.91. The largest absolute Gasteiger partial charge is 0.397 e. The highest BCUT2D eigenvalue weighted by Gasteiger charge is 2.32. The molecule has 1 saturated carbocycles. The molecule has 0 atom stereocenters. The summed E-state index contributed by atoms with van der Waals surface area (Å²) in [6.07, 6.45) is 5.27. The molecule has 0 unspecified atom stereocenters. The zero-order chi connectivity index (χ0) is 15.6. The maximum absolute atomic E-state index is 13.0. The number of sulfonamides is 1. The molecule has 1 aromatic carbocycles. The summed E-state index contributed by atoms with van der Waals surface area (Å²) < 4.78 is 27.6. The molecule has 0 saturated heterocycles. The lowest BCUT2D eigenvalue weighted by atomic mass is 9.95. The Kier molecular flexibility index (Phi) is 5.17. The molecule has 0 bridgehead atoms. The predicted molar refractivity (Wildman–Crippen MR) is 87.0 cm³/mol. The predicted octanol–water partition coefficient (Wildman–Crippen LogP) is 3.57. The van der Waals surface area contributed by atoms with Crippen LogP contribution in [0, 0.1) is 6.92 Å². The fourth-order valence-electron chi connectivity index (χ4n) is 3.07. The number of aryl methyl sites for hydroxylation is 1. The molecule has 2 N–H and O–H groups in total. The van der Waals surface area contributed by atoms with Gasteiger partial charge in [0.25, 0.3) is 0 Å². The van der Waals surface area contributed by atoms with Crippen LogP contribution in [0.15, 0.2) is 17.0 Å². The molecule has 6 heteroatoms. The Morgan fingerprint density at radius 1 is 1.29 bits per heavy atom. The van der Waals surface area contributed by atoms with E-state index in [4.69, 9.17) is 17.3 Å². The summed E-state index contributed by atoms with van der Waals surface area (Å²) >= 11 is 5.96. The lowest BCUT2D eigenvalue weighted by Gasteiger charge is -2.33. The first-order chi connectivity index (χ1) is 9.87. The van der Waals surface area contributed by atoms with Crippen molar-refractivity contribution in [3.8, 4) is 0 Å². The zero-order valence-corrected chi connectivity index (χ0v) is 14.2. The molecular weight excluding hydrogens is 308 g/mol. The zero-order valence-electron chi connectivity index (χ0n) is 12.6. The Hall–Kier alpha value is -0.780. The van der Waals surface area contributed by atoms with Crippen LogP contribution in [0.3, 0.4) is 0 Å². The Bertz CT molecular complexity index is 610. The quantitative estimate of drug-likeness (QED) is 0.858. The van der Waals surface area contributed by atoms with Gasteiger partial charge in [0.05, 0.1) is 15.6 Å². The van der Waals surface area contributed by atoms with E-state index in [9.17, 15) is 8.42 Å². The highest BCUT2D eigenvalue weighted by atomic mass is 35.5. The Balaban J connectivity index is 2.41. The molecule has 1 fully saturated rings. The van der Waals surface area contributed by atoms with Crippen molar-refractivity contribution in [3.05, 3.63) is 22.7 Å². The molecule has 21 heavy (non-hydrogen) atoms. The van der Waals surface area contributed by atoms with E-state index in [-0.39, 0.29) is 10.9 Å². The van der Waals surface area contributed by atoms with Gasteiger partial charge in [0.2, 0.25) is 10.0 Å². The van der Waals surface area contributed by atoms with Gasteiger partial charge in [0.1, 0.15) is 0 Å². The summed E-state index contributed by atoms with van der Waals surface area (Å²) in [5.74, 6) is 0. The number of nitrogens with two attached hydrogens (primary N) is 1. The summed E-state index contributed by atoms with van der Waals surface area (Å²) in [7, 11) is -3.53. The standard InChI is InChI=1S/C15H23ClN2O2S/c1-3-18(12-7-5-4-6-8-12)21(19,20)15-10-14(17)13(16)9-11(15)2/h9-10,12H,3-8,17H2,1-2H3. The molecule has 1 aliphatic rings. The van der Waals surface area contributed by atoms with Crippen LogP contribution in [0.25, 0.3) is 0 Å². The average Bonchev–Trinajstić information content (AvgIpc) is 2.44. The minimum Gasteiger partial charge on any atom is -0.397 e. The fourth-order valence-corrected chi connectivity index (χ4v) is 5.22. The fraction of sp³-hybridized carbons (Fsp3) is 0.600. The average molecular weight is 331 g/mol. The van der Waals surface area contributed by atoms with Crippen molar-refractivity contribution in [1.29, 1.82) is 0 Å². The number of benzene rings is 1. The van der Waals surface area contributed by atoms with Crippen molar-refractivity contribution in [2.24, 2.45) is 0 Å². The van der Waals surface area contributed by atoms with Gasteiger partial charge < -0.3 is 5.73 Å². The van der Waals surface area contributed by atoms with Gasteiger partial charge in [-0.25, -0.2) is 8.42 Å². The third-order valence-corrected chi connectivity index (χ3v) is 6.67. The SMILES string of the molecule is CCN(C1CCCCC1)S(=O)(=O)c1cc(N)c(Cl)cc1C. The van der Waals surface area contributed by atoms with Crippen LogP contribution in [0.5, 0.6) is 0 Å². The van der Waals surface area contributed by atoms with Crippen LogP contribution in [0.4, 0.5) is 5.69 Å². The molecule has 0 radical (unpaired) electrons. The number of hydrogen-bond acceptors (Lipinski definition) is 3. The van der Waals surface area contributed by atoms with Crippen LogP contribution in [0.1, 0.15) is 44.6 Å². The van der Waals surface area contributed by atoms with E-state index in [1.165, 1.54) is 12.5 Å². The normalized spacial score (nSPS) is 17.3. The van der Waals surface area contributed by atoms with Gasteiger partial charge >= 0.3 is 0 Å². The summed E-state index contributed by atoms with van der Waals surface area (Å²) in [5.41, 5.74) is 6.74. The third kappa shape index (κ3) is 3.35. The molecule has 0 heterocycles. The van der Waals surface area contributed by atoms with Crippen molar-refractivity contribution < 1.29 is 8.42 Å². The lowest BCUT2D eigenvalue weighted by Crippen LogP contribution is -2.41. The van der Waals surface area contributed by atoms with Gasteiger partial charge in [-0.15, -0.1) is 0 Å². The van der Waals surface area contributed by atoms with E-state index in [1.807, 2.05) is 6.92 Å². The van der Waals surface area contributed by atoms with Gasteiger partial charge in [0.15, 0.2) is 0 Å². The first-order valence-electron chi connectivity index (χ1n) is 7.45. The molecule has 4 nitrogen and oxygen atoms in total. The Morgan fingerprint density at radius 2 is 1.90 bits per heavy atom. The van der Waals surface area contributed by atoms with Crippen LogP contribution < -0.4 is 5.73 Å². The van der Waals surface area contributed by atoms with E-state index in [2.05, 4.69) is 0 Å². The van der Waals surface area contributed by atoms with Crippen LogP contribution >= 0.6 is 11.6 Å². The van der Waals surface area contributed by atoms with Crippen LogP contribution in [-0.2, 0) is 10.0 Å². The summed E-state index contributed by atoms with van der Waals surface area (Å²) in [5, 5.41) is 0.396. The molecular formula is C15H23ClN2O2S. The minimum atomic E-state index is -3.53. The third-order valence-electron chi connectivity index (χ3n) is 4.17. The summed E-state index contributed by atoms with van der Waals surface area (Å²) in [4.78, 5) is 0.275. The topological polar surface area (TPSA) is 63.4 Å². The maximum atomic E-state index is 13.0. The number of anilines is 1. The first-order valence-corrected chi connectivity index (χ1v) is 9.27. The summed E-state index contributed by atoms with van der Waals surface area (Å²) in [6.45, 7) is 4.13. The van der Waals surface area contributed by atoms with E-state index < -0.39 is 10.0 Å². The van der Waals surface area contributed by atoms with Crippen LogP contribution in [-0.4, -0.2) is 25.3 Å². The minimum absolute atomic E-state index is 0.102. The summed E-state index contributed by atoms with van der Waals surface area (Å²) in [6, 6.07) is 3.21. The smallest absolute Gasteiger partial charge is 0.243 e. The van der Waals surface area contributed by atoms with Gasteiger partial charge in [-0.1, -0.05) is 37.8 Å². The Morgan fingerprint density at radius 3 is 2.48 bits per heavy atom. The van der Waals surface area contributed by atoms with Gasteiger partial charge in [-0.3, -0.25) is 0 Å². The molecule has 0 aliphatic heterocycles. The van der Waals surface area contributed by atoms with Crippen molar-refractivity contribution in [3.63, 3.8) is 0 Å². The number of nitrogen functional groups attached to an aromatic ring is 1. The van der Waals surface area contributed by atoms with E-state index in [0.29, 0.717) is 22.8 Å². The number of rotatable bonds is 4. The second-order valence-electron chi connectivity index (χ2n) is 5.64. The first kappa shape index (κ1) is 16.6. The van der Waals surface area contributed by atoms with Crippen molar-refractivity contribution in [2.45, 2.75) is 56.9 Å².